The Bertz CT molecular complexity index is 433. The molecule has 0 aromatic heterocycles. The minimum absolute atomic E-state index is 0.0454. The molecular formula is C10H17NO7S. The molecule has 1 N–H and O–H groups in total. The summed E-state index contributed by atoms with van der Waals surface area (Å²) >= 11 is 0. The third-order valence-corrected chi connectivity index (χ3v) is 4.65. The van der Waals surface area contributed by atoms with Crippen molar-refractivity contribution in [1.82, 2.24) is 4.31 Å². The van der Waals surface area contributed by atoms with Gasteiger partial charge in [0.15, 0.2) is 0 Å². The second-order valence-corrected chi connectivity index (χ2v) is 6.12. The molecule has 110 valence electrons. The van der Waals surface area contributed by atoms with E-state index in [4.69, 9.17) is 9.84 Å². The van der Waals surface area contributed by atoms with Crippen LogP contribution in [0.15, 0.2) is 0 Å². The normalized spacial score (nSPS) is 21.0. The smallest absolute Gasteiger partial charge is 0.306 e. The summed E-state index contributed by atoms with van der Waals surface area (Å²) in [6.07, 6.45) is -0.576. The van der Waals surface area contributed by atoms with Crippen molar-refractivity contribution in [2.75, 3.05) is 32.6 Å². The number of aliphatic carboxylic acids is 1. The molecule has 1 fully saturated rings. The van der Waals surface area contributed by atoms with Gasteiger partial charge < -0.3 is 14.6 Å². The zero-order valence-electron chi connectivity index (χ0n) is 10.6. The number of sulfonamides is 1. The monoisotopic (exact) mass is 295 g/mol. The van der Waals surface area contributed by atoms with E-state index in [1.54, 1.807) is 0 Å². The second kappa shape index (κ2) is 6.83. The van der Waals surface area contributed by atoms with E-state index in [0.717, 1.165) is 4.31 Å². The molecule has 1 aliphatic heterocycles. The third kappa shape index (κ3) is 4.77. The summed E-state index contributed by atoms with van der Waals surface area (Å²) in [4.78, 5) is 21.7. The van der Waals surface area contributed by atoms with Gasteiger partial charge in [0.1, 0.15) is 0 Å². The van der Waals surface area contributed by atoms with E-state index >= 15 is 0 Å². The van der Waals surface area contributed by atoms with Crippen LogP contribution in [0.2, 0.25) is 0 Å². The fourth-order valence-corrected chi connectivity index (χ4v) is 3.40. The molecule has 0 bridgehead atoms. The van der Waals surface area contributed by atoms with E-state index in [1.807, 2.05) is 0 Å². The fourth-order valence-electron chi connectivity index (χ4n) is 1.80. The standard InChI is InChI=1S/C10H17NO7S/c1-17-10(14)2-5-19(15,16)11-3-4-18-7-8(11)6-9(12)13/h8H,2-7H2,1H3,(H,12,13). The lowest BCUT2D eigenvalue weighted by atomic mass is 10.2. The van der Waals surface area contributed by atoms with Gasteiger partial charge in [0.05, 0.1) is 45.0 Å². The lowest BCUT2D eigenvalue weighted by Gasteiger charge is -2.33. The quantitative estimate of drug-likeness (QED) is 0.629. The second-order valence-electron chi connectivity index (χ2n) is 4.08. The van der Waals surface area contributed by atoms with Crippen LogP contribution in [0.4, 0.5) is 0 Å². The highest BCUT2D eigenvalue weighted by Crippen LogP contribution is 2.16. The van der Waals surface area contributed by atoms with Crippen molar-refractivity contribution in [2.24, 2.45) is 0 Å². The van der Waals surface area contributed by atoms with Gasteiger partial charge in [0, 0.05) is 6.54 Å². The predicted octanol–water partition coefficient (Wildman–Crippen LogP) is -0.945. The number of carbonyl (C=O) groups is 2. The lowest BCUT2D eigenvalue weighted by molar-refractivity contribution is -0.140. The molecule has 0 aromatic carbocycles. The number of carbonyl (C=O) groups excluding carboxylic acids is 1. The van der Waals surface area contributed by atoms with Crippen LogP contribution in [0, 0.1) is 0 Å². The summed E-state index contributed by atoms with van der Waals surface area (Å²) in [6, 6.07) is -0.728. The van der Waals surface area contributed by atoms with Crippen molar-refractivity contribution in [3.05, 3.63) is 0 Å². The van der Waals surface area contributed by atoms with Crippen LogP contribution in [0.25, 0.3) is 0 Å². The number of hydrogen-bond donors (Lipinski definition) is 1. The first-order chi connectivity index (χ1) is 8.86. The molecule has 1 atom stereocenters. The number of methoxy groups -OCH3 is 1. The molecule has 19 heavy (non-hydrogen) atoms. The minimum atomic E-state index is -3.69. The Morgan fingerprint density at radius 1 is 1.47 bits per heavy atom. The van der Waals surface area contributed by atoms with Gasteiger partial charge in [-0.15, -0.1) is 0 Å². The van der Waals surface area contributed by atoms with Gasteiger partial charge in [0.25, 0.3) is 0 Å². The van der Waals surface area contributed by atoms with Crippen molar-refractivity contribution in [3.63, 3.8) is 0 Å². The van der Waals surface area contributed by atoms with Crippen LogP contribution >= 0.6 is 0 Å². The molecule has 0 aliphatic carbocycles. The maximum atomic E-state index is 12.1. The maximum Gasteiger partial charge on any atom is 0.306 e. The van der Waals surface area contributed by atoms with E-state index < -0.39 is 33.8 Å². The molecule has 0 saturated carbocycles. The highest BCUT2D eigenvalue weighted by Gasteiger charge is 2.34. The molecule has 0 aromatic rings. The summed E-state index contributed by atoms with van der Waals surface area (Å²) in [5.74, 6) is -2.11. The van der Waals surface area contributed by atoms with Crippen molar-refractivity contribution >= 4 is 22.0 Å². The van der Waals surface area contributed by atoms with Crippen molar-refractivity contribution < 1.29 is 32.6 Å². The van der Waals surface area contributed by atoms with Crippen LogP contribution in [0.3, 0.4) is 0 Å². The van der Waals surface area contributed by atoms with Gasteiger partial charge >= 0.3 is 11.9 Å². The summed E-state index contributed by atoms with van der Waals surface area (Å²) in [5, 5.41) is 8.75. The number of hydrogen-bond acceptors (Lipinski definition) is 6. The Kier molecular flexibility index (Phi) is 5.70. The van der Waals surface area contributed by atoms with E-state index in [-0.39, 0.29) is 32.6 Å². The first-order valence-corrected chi connectivity index (χ1v) is 7.33. The van der Waals surface area contributed by atoms with Crippen molar-refractivity contribution in [2.45, 2.75) is 18.9 Å². The molecule has 8 nitrogen and oxygen atoms in total. The average molecular weight is 295 g/mol. The van der Waals surface area contributed by atoms with Crippen LogP contribution in [-0.2, 0) is 29.1 Å². The molecule has 1 saturated heterocycles. The van der Waals surface area contributed by atoms with Gasteiger partial charge in [-0.3, -0.25) is 9.59 Å². The Morgan fingerprint density at radius 3 is 2.74 bits per heavy atom. The molecule has 0 amide bonds. The van der Waals surface area contributed by atoms with Crippen molar-refractivity contribution in [3.8, 4) is 0 Å². The number of nitrogens with zero attached hydrogens (tertiary/aromatic N) is 1. The van der Waals surface area contributed by atoms with Crippen LogP contribution in [0.1, 0.15) is 12.8 Å². The fraction of sp³-hybridized carbons (Fsp3) is 0.800. The van der Waals surface area contributed by atoms with Gasteiger partial charge in [-0.2, -0.15) is 4.31 Å². The van der Waals surface area contributed by atoms with Gasteiger partial charge in [-0.25, -0.2) is 8.42 Å². The first kappa shape index (κ1) is 15.9. The third-order valence-electron chi connectivity index (χ3n) is 2.73. The van der Waals surface area contributed by atoms with Crippen molar-refractivity contribution in [1.29, 1.82) is 0 Å². The lowest BCUT2D eigenvalue weighted by Crippen LogP contribution is -2.50. The van der Waals surface area contributed by atoms with Gasteiger partial charge in [-0.05, 0) is 0 Å². The topological polar surface area (TPSA) is 110 Å². The first-order valence-electron chi connectivity index (χ1n) is 5.72. The molecule has 0 radical (unpaired) electrons. The van der Waals surface area contributed by atoms with Crippen LogP contribution < -0.4 is 0 Å². The van der Waals surface area contributed by atoms with Crippen LogP contribution in [-0.4, -0.2) is 68.4 Å². The SMILES string of the molecule is COC(=O)CCS(=O)(=O)N1CCOCC1CC(=O)O. The number of carboxylic acid groups (broad SMARTS) is 1. The molecule has 9 heteroatoms. The van der Waals surface area contributed by atoms with E-state index in [2.05, 4.69) is 4.74 Å². The van der Waals surface area contributed by atoms with E-state index in [9.17, 15) is 18.0 Å². The van der Waals surface area contributed by atoms with Gasteiger partial charge in [-0.1, -0.05) is 0 Å². The van der Waals surface area contributed by atoms with E-state index in [1.165, 1.54) is 7.11 Å². The Hall–Kier alpha value is -1.19. The molecule has 1 unspecified atom stereocenters. The molecule has 1 rings (SSSR count). The average Bonchev–Trinajstić information content (AvgIpc) is 2.35. The highest BCUT2D eigenvalue weighted by atomic mass is 32.2. The number of morpholine rings is 1. The van der Waals surface area contributed by atoms with Gasteiger partial charge in [0.2, 0.25) is 10.0 Å². The molecular weight excluding hydrogens is 278 g/mol. The summed E-state index contributed by atoms with van der Waals surface area (Å²) in [6.45, 7) is 0.360. The molecule has 1 heterocycles. The zero-order chi connectivity index (χ0) is 14.5. The summed E-state index contributed by atoms with van der Waals surface area (Å²) < 4.78 is 34.7. The largest absolute Gasteiger partial charge is 0.481 e. The Balaban J connectivity index is 2.72. The number of ether oxygens (including phenoxy) is 2. The Morgan fingerprint density at radius 2 is 2.16 bits per heavy atom. The summed E-state index contributed by atoms with van der Waals surface area (Å²) in [7, 11) is -2.52. The number of rotatable bonds is 6. The Labute approximate surface area is 111 Å². The summed E-state index contributed by atoms with van der Waals surface area (Å²) in [5.41, 5.74) is 0. The van der Waals surface area contributed by atoms with Crippen LogP contribution in [0.5, 0.6) is 0 Å². The number of esters is 1. The molecule has 0 spiro atoms. The zero-order valence-corrected chi connectivity index (χ0v) is 11.4. The number of carboxylic acids is 1. The maximum absolute atomic E-state index is 12.1. The molecule has 1 aliphatic rings. The highest BCUT2D eigenvalue weighted by molar-refractivity contribution is 7.89. The minimum Gasteiger partial charge on any atom is -0.481 e. The van der Waals surface area contributed by atoms with E-state index in [0.29, 0.717) is 0 Å². The predicted molar refractivity (Wildman–Crippen MR) is 64.0 cm³/mol.